The van der Waals surface area contributed by atoms with E-state index in [1.807, 2.05) is 6.21 Å². The molecule has 0 atom stereocenters. The molecule has 1 saturated carbocycles. The zero-order chi connectivity index (χ0) is 20.2. The van der Waals surface area contributed by atoms with Gasteiger partial charge in [-0.25, -0.2) is 4.99 Å². The van der Waals surface area contributed by atoms with Gasteiger partial charge in [-0.2, -0.15) is 0 Å². The number of hydrogen-bond donors (Lipinski definition) is 0. The number of allylic oxidation sites excluding steroid dienone is 1. The Kier molecular flexibility index (Phi) is 5.84. The van der Waals surface area contributed by atoms with Crippen LogP contribution in [0.1, 0.15) is 47.9 Å². The third kappa shape index (κ3) is 4.61. The molecule has 3 heteroatoms. The monoisotopic (exact) mass is 386 g/mol. The molecule has 0 unspecified atom stereocenters. The summed E-state index contributed by atoms with van der Waals surface area (Å²) >= 11 is 0. The van der Waals surface area contributed by atoms with Crippen LogP contribution in [0.3, 0.4) is 0 Å². The van der Waals surface area contributed by atoms with Crippen LogP contribution in [0.4, 0.5) is 0 Å². The molecule has 2 aliphatic rings. The molecule has 29 heavy (non-hydrogen) atoms. The first-order valence-electron chi connectivity index (χ1n) is 10.6. The van der Waals surface area contributed by atoms with Gasteiger partial charge in [-0.15, -0.1) is 0 Å². The van der Waals surface area contributed by atoms with Crippen LogP contribution < -0.4 is 4.74 Å². The molecule has 1 aliphatic heterocycles. The second-order valence-corrected chi connectivity index (χ2v) is 8.26. The number of aliphatic imine (C=N–C) groups is 1. The summed E-state index contributed by atoms with van der Waals surface area (Å²) in [4.78, 5) is 6.70. The zero-order valence-electron chi connectivity index (χ0n) is 17.5. The van der Waals surface area contributed by atoms with Crippen LogP contribution in [0.15, 0.2) is 66.1 Å². The van der Waals surface area contributed by atoms with E-state index in [9.17, 15) is 0 Å². The van der Waals surface area contributed by atoms with Crippen molar-refractivity contribution in [3.8, 4) is 5.75 Å². The Morgan fingerprint density at radius 1 is 1.14 bits per heavy atom. The van der Waals surface area contributed by atoms with Gasteiger partial charge in [0.25, 0.3) is 0 Å². The minimum Gasteiger partial charge on any atom is -0.496 e. The number of aryl methyl sites for hydroxylation is 1. The smallest absolute Gasteiger partial charge is 0.125 e. The Hall–Kier alpha value is -2.81. The minimum atomic E-state index is 0.770. The van der Waals surface area contributed by atoms with Crippen molar-refractivity contribution in [3.05, 3.63) is 83.3 Å². The molecule has 1 heterocycles. The van der Waals surface area contributed by atoms with E-state index in [0.717, 1.165) is 36.0 Å². The Bertz CT molecular complexity index is 951. The molecule has 0 spiro atoms. The van der Waals surface area contributed by atoms with Gasteiger partial charge in [-0.3, -0.25) is 0 Å². The Labute approximate surface area is 174 Å². The average Bonchev–Trinajstić information content (AvgIpc) is 3.23. The SMILES string of the molecule is C=C1N=CC(c2ccc(OC)c(CC3CCCC3)c2)=CN1Cc1cccc(C)c1. The van der Waals surface area contributed by atoms with E-state index >= 15 is 0 Å². The Morgan fingerprint density at radius 2 is 1.97 bits per heavy atom. The molecule has 2 aromatic rings. The van der Waals surface area contributed by atoms with E-state index in [0.29, 0.717) is 0 Å². The lowest BCUT2D eigenvalue weighted by Gasteiger charge is -2.25. The molecule has 4 rings (SSSR count). The highest BCUT2D eigenvalue weighted by Gasteiger charge is 2.19. The summed E-state index contributed by atoms with van der Waals surface area (Å²) in [5, 5.41) is 0. The maximum Gasteiger partial charge on any atom is 0.125 e. The molecular formula is C26H30N2O. The van der Waals surface area contributed by atoms with Crippen molar-refractivity contribution in [2.24, 2.45) is 10.9 Å². The van der Waals surface area contributed by atoms with Crippen molar-refractivity contribution in [1.82, 2.24) is 4.90 Å². The number of nitrogens with zero attached hydrogens (tertiary/aromatic N) is 2. The molecule has 1 aliphatic carbocycles. The van der Waals surface area contributed by atoms with Gasteiger partial charge >= 0.3 is 0 Å². The van der Waals surface area contributed by atoms with E-state index in [-0.39, 0.29) is 0 Å². The minimum absolute atomic E-state index is 0.770. The van der Waals surface area contributed by atoms with E-state index in [1.54, 1.807) is 7.11 Å². The fourth-order valence-corrected chi connectivity index (χ4v) is 4.43. The van der Waals surface area contributed by atoms with Crippen molar-refractivity contribution < 1.29 is 4.74 Å². The normalized spacial score (nSPS) is 17.0. The van der Waals surface area contributed by atoms with Gasteiger partial charge in [0.1, 0.15) is 11.6 Å². The molecule has 2 aromatic carbocycles. The maximum atomic E-state index is 5.65. The molecule has 150 valence electrons. The summed E-state index contributed by atoms with van der Waals surface area (Å²) in [6.45, 7) is 7.01. The van der Waals surface area contributed by atoms with Crippen molar-refractivity contribution in [3.63, 3.8) is 0 Å². The molecule has 0 saturated heterocycles. The largest absolute Gasteiger partial charge is 0.496 e. The van der Waals surface area contributed by atoms with Crippen LogP contribution in [0.5, 0.6) is 5.75 Å². The summed E-state index contributed by atoms with van der Waals surface area (Å²) in [6.07, 6.45) is 10.6. The summed E-state index contributed by atoms with van der Waals surface area (Å²) in [5.41, 5.74) is 6.13. The topological polar surface area (TPSA) is 24.8 Å². The Morgan fingerprint density at radius 3 is 2.72 bits per heavy atom. The lowest BCUT2D eigenvalue weighted by atomic mass is 9.94. The van der Waals surface area contributed by atoms with Gasteiger partial charge in [0.2, 0.25) is 0 Å². The molecule has 0 bridgehead atoms. The predicted molar refractivity (Wildman–Crippen MR) is 121 cm³/mol. The number of methoxy groups -OCH3 is 1. The molecule has 0 aromatic heterocycles. The fraction of sp³-hybridized carbons (Fsp3) is 0.346. The van der Waals surface area contributed by atoms with Gasteiger partial charge in [-0.1, -0.05) is 68.2 Å². The van der Waals surface area contributed by atoms with Crippen LogP contribution in [-0.2, 0) is 13.0 Å². The highest BCUT2D eigenvalue weighted by Crippen LogP contribution is 2.33. The first-order chi connectivity index (χ1) is 14.1. The van der Waals surface area contributed by atoms with Crippen LogP contribution in [-0.4, -0.2) is 18.2 Å². The third-order valence-electron chi connectivity index (χ3n) is 6.01. The van der Waals surface area contributed by atoms with E-state index in [4.69, 9.17) is 4.74 Å². The zero-order valence-corrected chi connectivity index (χ0v) is 17.5. The summed E-state index contributed by atoms with van der Waals surface area (Å²) in [6, 6.07) is 15.1. The lowest BCUT2D eigenvalue weighted by Crippen LogP contribution is -2.18. The third-order valence-corrected chi connectivity index (χ3v) is 6.01. The second-order valence-electron chi connectivity index (χ2n) is 8.26. The molecule has 1 fully saturated rings. The van der Waals surface area contributed by atoms with Gasteiger partial charge in [0.05, 0.1) is 7.11 Å². The molecular weight excluding hydrogens is 356 g/mol. The average molecular weight is 387 g/mol. The first-order valence-corrected chi connectivity index (χ1v) is 10.6. The summed E-state index contributed by atoms with van der Waals surface area (Å²) in [5.74, 6) is 2.55. The van der Waals surface area contributed by atoms with Crippen LogP contribution in [0.25, 0.3) is 5.57 Å². The number of ether oxygens (including phenoxy) is 1. The van der Waals surface area contributed by atoms with E-state index in [2.05, 4.69) is 72.1 Å². The highest BCUT2D eigenvalue weighted by molar-refractivity contribution is 6.10. The predicted octanol–water partition coefficient (Wildman–Crippen LogP) is 6.14. The fourth-order valence-electron chi connectivity index (χ4n) is 4.43. The quantitative estimate of drug-likeness (QED) is 0.596. The van der Waals surface area contributed by atoms with Crippen molar-refractivity contribution in [2.45, 2.75) is 45.6 Å². The van der Waals surface area contributed by atoms with Gasteiger partial charge < -0.3 is 9.64 Å². The number of rotatable bonds is 6. The summed E-state index contributed by atoms with van der Waals surface area (Å²) in [7, 11) is 1.77. The lowest BCUT2D eigenvalue weighted by molar-refractivity contribution is 0.404. The molecule has 0 radical (unpaired) electrons. The number of hydrogen-bond acceptors (Lipinski definition) is 3. The first kappa shape index (κ1) is 19.5. The van der Waals surface area contributed by atoms with Gasteiger partial charge in [0, 0.05) is 24.5 Å². The van der Waals surface area contributed by atoms with Gasteiger partial charge in [-0.05, 0) is 48.1 Å². The summed E-state index contributed by atoms with van der Waals surface area (Å²) < 4.78 is 5.65. The van der Waals surface area contributed by atoms with Crippen LogP contribution in [0.2, 0.25) is 0 Å². The Balaban J connectivity index is 1.59. The van der Waals surface area contributed by atoms with Crippen LogP contribution >= 0.6 is 0 Å². The van der Waals surface area contributed by atoms with Gasteiger partial charge in [0.15, 0.2) is 0 Å². The van der Waals surface area contributed by atoms with E-state index in [1.165, 1.54) is 47.9 Å². The van der Waals surface area contributed by atoms with Crippen molar-refractivity contribution in [2.75, 3.05) is 7.11 Å². The van der Waals surface area contributed by atoms with E-state index < -0.39 is 0 Å². The standard InChI is InChI=1S/C26H30N2O/c1-19-7-6-10-22(13-19)17-28-18-25(16-27-20(28)2)23-11-12-26(29-3)24(15-23)14-21-8-4-5-9-21/h6-7,10-13,15-16,18,21H,2,4-5,8-9,14,17H2,1,3H3. The molecule has 0 N–H and O–H groups in total. The van der Waals surface area contributed by atoms with Crippen molar-refractivity contribution in [1.29, 1.82) is 0 Å². The molecule has 3 nitrogen and oxygen atoms in total. The second kappa shape index (κ2) is 8.69. The highest BCUT2D eigenvalue weighted by atomic mass is 16.5. The van der Waals surface area contributed by atoms with Crippen LogP contribution in [0, 0.1) is 12.8 Å². The number of benzene rings is 2. The molecule has 0 amide bonds. The van der Waals surface area contributed by atoms with Crippen molar-refractivity contribution >= 4 is 11.8 Å². The maximum absolute atomic E-state index is 5.65.